The number of rotatable bonds is 15. The molecule has 0 N–H and O–H groups in total. The lowest BCUT2D eigenvalue weighted by molar-refractivity contribution is 0.0897. The van der Waals surface area contributed by atoms with Crippen LogP contribution >= 0.6 is 34.2 Å². The van der Waals surface area contributed by atoms with Gasteiger partial charge in [-0.25, -0.2) is 19.9 Å². The molecule has 2 unspecified atom stereocenters. The minimum Gasteiger partial charge on any atom is -0.361 e. The quantitative estimate of drug-likeness (QED) is 0.0548. The number of anilines is 2. The number of hydrogen-bond acceptors (Lipinski definition) is 12. The zero-order valence-corrected chi connectivity index (χ0v) is 47.4. The van der Waals surface area contributed by atoms with Crippen LogP contribution in [0, 0.1) is 22.3 Å². The fraction of sp³-hybridized carbons (Fsp3) is 0.588. The first-order valence-electron chi connectivity index (χ1n) is 25.5. The standard InChI is InChI=1S/C31H39ClN8O2Si.C20H31IN4OSi/c1-19-12-21-6-7-22(13-19)40(21)27-14-33-30-24(15-38(31(30)35-27)18-41-10-11-43(3,4)5)23-8-9-26-25(29(23)32)16-39(36-26)17-28-34-20(2)37-42-28;1-14-9-15-5-6-16(10-14)25(15)18-11-22-19-17(21)12-24(20(19)23-18)13-26-7-8-27(2,3)4/h8-9,14-16,19,21-22H,6-7,10-13,17-18H2,1-5H3;11-12,14-16H,5-10,13H2,1-4H3/t19?,21-,22+;14?,15-,16+. The number of piperidine rings is 2. The summed E-state index contributed by atoms with van der Waals surface area (Å²) in [5, 5.41) is 10.0. The number of aromatic nitrogens is 10. The van der Waals surface area contributed by atoms with Crippen molar-refractivity contribution in [1.29, 1.82) is 0 Å². The molecule has 4 aliphatic heterocycles. The average molecular weight is 1120 g/mol. The van der Waals surface area contributed by atoms with Gasteiger partial charge in [-0.15, -0.1) is 0 Å². The first-order chi connectivity index (χ1) is 33.4. The number of hydrogen-bond donors (Lipinski definition) is 0. The van der Waals surface area contributed by atoms with E-state index in [1.165, 1.54) is 57.4 Å². The predicted octanol–water partition coefficient (Wildman–Crippen LogP) is 12.0. The van der Waals surface area contributed by atoms with Crippen molar-refractivity contribution in [2.24, 2.45) is 11.8 Å². The predicted molar refractivity (Wildman–Crippen MR) is 293 cm³/mol. The molecule has 4 aliphatic rings. The fourth-order valence-electron chi connectivity index (χ4n) is 11.3. The highest BCUT2D eigenvalue weighted by Crippen LogP contribution is 2.44. The van der Waals surface area contributed by atoms with Gasteiger partial charge in [0.1, 0.15) is 42.7 Å². The second-order valence-corrected chi connectivity index (χ2v) is 35.9. The average Bonchev–Trinajstić information content (AvgIpc) is 4.15. The molecule has 4 fully saturated rings. The molecule has 11 rings (SSSR count). The second kappa shape index (κ2) is 20.2. The summed E-state index contributed by atoms with van der Waals surface area (Å²) in [5.41, 5.74) is 6.23. The maximum Gasteiger partial charge on any atom is 0.248 e. The highest BCUT2D eigenvalue weighted by molar-refractivity contribution is 14.1. The van der Waals surface area contributed by atoms with Gasteiger partial charge in [-0.3, -0.25) is 4.68 Å². The highest BCUT2D eigenvalue weighted by atomic mass is 127. The zero-order valence-electron chi connectivity index (χ0n) is 42.5. The van der Waals surface area contributed by atoms with Gasteiger partial charge >= 0.3 is 0 Å². The maximum atomic E-state index is 7.10. The first-order valence-corrected chi connectivity index (χ1v) is 34.4. The summed E-state index contributed by atoms with van der Waals surface area (Å²) in [6.07, 6.45) is 20.2. The van der Waals surface area contributed by atoms with Crippen LogP contribution in [0.5, 0.6) is 0 Å². The molecule has 19 heteroatoms. The van der Waals surface area contributed by atoms with E-state index in [0.29, 0.717) is 60.9 Å². The molecule has 70 heavy (non-hydrogen) atoms. The molecule has 7 aromatic rings. The molecule has 0 aliphatic carbocycles. The van der Waals surface area contributed by atoms with Gasteiger partial charge < -0.3 is 32.9 Å². The largest absolute Gasteiger partial charge is 0.361 e. The minimum atomic E-state index is -1.21. The summed E-state index contributed by atoms with van der Waals surface area (Å²) in [6, 6.07) is 8.68. The first kappa shape index (κ1) is 49.6. The van der Waals surface area contributed by atoms with Crippen LogP contribution in [-0.2, 0) is 29.5 Å². The third kappa shape index (κ3) is 10.7. The molecule has 0 spiro atoms. The number of benzene rings is 1. The van der Waals surface area contributed by atoms with E-state index < -0.39 is 16.1 Å². The van der Waals surface area contributed by atoms with Crippen molar-refractivity contribution >= 4 is 95.2 Å². The molecular formula is C51H70ClIN12O3Si2. The lowest BCUT2D eigenvalue weighted by Crippen LogP contribution is -2.43. The Morgan fingerprint density at radius 1 is 0.700 bits per heavy atom. The van der Waals surface area contributed by atoms with Crippen molar-refractivity contribution in [2.45, 2.75) is 168 Å². The van der Waals surface area contributed by atoms with Gasteiger partial charge in [0, 0.05) is 88.6 Å². The fourth-order valence-corrected chi connectivity index (χ4v) is 13.9. The molecule has 10 heterocycles. The smallest absolute Gasteiger partial charge is 0.248 e. The Bertz CT molecular complexity index is 2950. The zero-order chi connectivity index (χ0) is 49.1. The van der Waals surface area contributed by atoms with Crippen LogP contribution < -0.4 is 9.80 Å². The molecule has 0 saturated carbocycles. The molecule has 6 aromatic heterocycles. The van der Waals surface area contributed by atoms with Crippen molar-refractivity contribution < 1.29 is 14.0 Å². The summed E-state index contributed by atoms with van der Waals surface area (Å²) in [4.78, 5) is 29.5. The third-order valence-electron chi connectivity index (χ3n) is 14.8. The molecular weight excluding hydrogens is 1050 g/mol. The van der Waals surface area contributed by atoms with Crippen molar-refractivity contribution in [3.8, 4) is 11.1 Å². The van der Waals surface area contributed by atoms with Crippen molar-refractivity contribution in [3.63, 3.8) is 0 Å². The molecule has 15 nitrogen and oxygen atoms in total. The Morgan fingerprint density at radius 2 is 1.23 bits per heavy atom. The van der Waals surface area contributed by atoms with Gasteiger partial charge in [0.15, 0.2) is 17.1 Å². The monoisotopic (exact) mass is 1120 g/mol. The minimum absolute atomic E-state index is 0.376. The molecule has 0 radical (unpaired) electrons. The topological polar surface area (TPSA) is 143 Å². The summed E-state index contributed by atoms with van der Waals surface area (Å²) < 4.78 is 24.6. The molecule has 374 valence electrons. The third-order valence-corrected chi connectivity index (χ3v) is 19.4. The Labute approximate surface area is 432 Å². The lowest BCUT2D eigenvalue weighted by atomic mass is 9.92. The van der Waals surface area contributed by atoms with Crippen LogP contribution in [0.2, 0.25) is 56.4 Å². The van der Waals surface area contributed by atoms with Crippen molar-refractivity contribution in [2.75, 3.05) is 23.0 Å². The Kier molecular flexibility index (Phi) is 14.3. The van der Waals surface area contributed by atoms with E-state index in [-0.39, 0.29) is 0 Å². The van der Waals surface area contributed by atoms with Crippen LogP contribution in [0.25, 0.3) is 44.4 Å². The Morgan fingerprint density at radius 3 is 1.76 bits per heavy atom. The van der Waals surface area contributed by atoms with E-state index in [1.807, 2.05) is 30.7 Å². The lowest BCUT2D eigenvalue weighted by Gasteiger charge is -2.38. The number of nitrogens with zero attached hydrogens (tertiary/aromatic N) is 12. The number of aryl methyl sites for hydroxylation is 1. The highest BCUT2D eigenvalue weighted by Gasteiger charge is 2.41. The van der Waals surface area contributed by atoms with Crippen LogP contribution in [0.1, 0.15) is 76.9 Å². The van der Waals surface area contributed by atoms with Crippen LogP contribution in [0.4, 0.5) is 11.6 Å². The van der Waals surface area contributed by atoms with Gasteiger partial charge in [-0.2, -0.15) is 10.1 Å². The molecule has 1 aromatic carbocycles. The van der Waals surface area contributed by atoms with Gasteiger partial charge in [-0.05, 0) is 111 Å². The van der Waals surface area contributed by atoms with Crippen molar-refractivity contribution in [3.05, 3.63) is 63.4 Å². The normalized spacial score (nSPS) is 22.5. The molecule has 4 saturated heterocycles. The van der Waals surface area contributed by atoms with Crippen LogP contribution in [-0.4, -0.2) is 103 Å². The van der Waals surface area contributed by atoms with E-state index in [9.17, 15) is 0 Å². The number of fused-ring (bicyclic) bond motifs is 7. The summed E-state index contributed by atoms with van der Waals surface area (Å²) in [7, 11) is -2.26. The van der Waals surface area contributed by atoms with Gasteiger partial charge in [-0.1, -0.05) is 76.0 Å². The van der Waals surface area contributed by atoms with E-state index >= 15 is 0 Å². The van der Waals surface area contributed by atoms with Crippen LogP contribution in [0.15, 0.2) is 47.6 Å². The maximum absolute atomic E-state index is 7.10. The Balaban J connectivity index is 0.000000180. The van der Waals surface area contributed by atoms with Crippen LogP contribution in [0.3, 0.4) is 0 Å². The molecule has 0 amide bonds. The van der Waals surface area contributed by atoms with Crippen molar-refractivity contribution in [1.82, 2.24) is 49.0 Å². The molecule has 6 atom stereocenters. The van der Waals surface area contributed by atoms with E-state index in [0.717, 1.165) is 90.7 Å². The Hall–Kier alpha value is -3.96. The van der Waals surface area contributed by atoms with E-state index in [2.05, 4.69) is 122 Å². The van der Waals surface area contributed by atoms with Gasteiger partial charge in [0.25, 0.3) is 0 Å². The van der Waals surface area contributed by atoms with Gasteiger partial charge in [0.05, 0.1) is 26.5 Å². The number of ether oxygens (including phenoxy) is 2. The SMILES string of the molecule is CC1C[C@H]2CC[C@@H](C1)N2c1cnc2c(I)cn(COCC[Si](C)(C)C)c2n1.Cc1noc(Cn2cc3c(Cl)c(-c4cn(COCC[Si](C)(C)C)c5nc(N6[C@@H]7CC[C@H]6CC(C)C7)cnc45)ccc3n2)n1. The van der Waals surface area contributed by atoms with E-state index in [1.54, 1.807) is 11.6 Å². The summed E-state index contributed by atoms with van der Waals surface area (Å²) in [6.45, 7) is 23.7. The molecule has 4 bridgehead atoms. The summed E-state index contributed by atoms with van der Waals surface area (Å²) >= 11 is 9.46. The second-order valence-electron chi connectivity index (χ2n) is 23.1. The van der Waals surface area contributed by atoms with E-state index in [4.69, 9.17) is 45.5 Å². The summed E-state index contributed by atoms with van der Waals surface area (Å²) in [5.74, 6) is 4.72. The van der Waals surface area contributed by atoms with Gasteiger partial charge in [0.2, 0.25) is 5.89 Å². The number of halogens is 2.